The van der Waals surface area contributed by atoms with Gasteiger partial charge in [-0.05, 0) is 56.8 Å². The fraction of sp³-hybridized carbons (Fsp3) is 0.778. The van der Waals surface area contributed by atoms with Crippen LogP contribution in [-0.2, 0) is 6.42 Å². The summed E-state index contributed by atoms with van der Waals surface area (Å²) in [4.78, 5) is 18.3. The predicted molar refractivity (Wildman–Crippen MR) is 94.7 cm³/mol. The van der Waals surface area contributed by atoms with Gasteiger partial charge in [-0.3, -0.25) is 4.79 Å². The third kappa shape index (κ3) is 3.77. The van der Waals surface area contributed by atoms with Crippen LogP contribution in [0.25, 0.3) is 0 Å². The zero-order valence-corrected chi connectivity index (χ0v) is 15.3. The molecule has 2 bridgehead atoms. The van der Waals surface area contributed by atoms with Crippen molar-refractivity contribution in [3.8, 4) is 0 Å². The standard InChI is InChI=1S/C18H29N3OS/c1-10(2)7-15-17(23-11(3)20-15)18(22)21-16-12-5-4-6-13(16)9-14(19)8-12/h10,12-14,16H,4-9,19H2,1-3H3,(H,21,22). The number of thiazole rings is 1. The Kier molecular flexibility index (Phi) is 5.07. The molecule has 1 aromatic heterocycles. The highest BCUT2D eigenvalue weighted by molar-refractivity contribution is 7.13. The van der Waals surface area contributed by atoms with E-state index in [0.29, 0.717) is 29.8 Å². The number of carbonyl (C=O) groups is 1. The van der Waals surface area contributed by atoms with E-state index in [2.05, 4.69) is 24.1 Å². The van der Waals surface area contributed by atoms with E-state index in [1.807, 2.05) is 6.92 Å². The van der Waals surface area contributed by atoms with Gasteiger partial charge in [-0.25, -0.2) is 4.98 Å². The normalized spacial score (nSPS) is 30.5. The number of rotatable bonds is 4. The molecule has 1 amide bonds. The lowest BCUT2D eigenvalue weighted by Gasteiger charge is -2.45. The Bertz CT molecular complexity index is 555. The van der Waals surface area contributed by atoms with Crippen molar-refractivity contribution in [3.63, 3.8) is 0 Å². The average Bonchev–Trinajstić information content (AvgIpc) is 2.79. The second-order valence-corrected chi connectivity index (χ2v) is 8.99. The minimum atomic E-state index is 0.0867. The first-order valence-corrected chi connectivity index (χ1v) is 9.78. The summed E-state index contributed by atoms with van der Waals surface area (Å²) in [6, 6.07) is 0.631. The van der Waals surface area contributed by atoms with E-state index in [1.165, 1.54) is 30.6 Å². The van der Waals surface area contributed by atoms with E-state index >= 15 is 0 Å². The lowest BCUT2D eigenvalue weighted by Crippen LogP contribution is -2.53. The number of nitrogens with two attached hydrogens (primary N) is 1. The van der Waals surface area contributed by atoms with E-state index in [1.54, 1.807) is 0 Å². The van der Waals surface area contributed by atoms with Gasteiger partial charge in [0.05, 0.1) is 10.7 Å². The Morgan fingerprint density at radius 1 is 1.35 bits per heavy atom. The molecule has 0 aromatic carbocycles. The van der Waals surface area contributed by atoms with Gasteiger partial charge in [-0.1, -0.05) is 20.3 Å². The van der Waals surface area contributed by atoms with Crippen molar-refractivity contribution in [1.82, 2.24) is 10.3 Å². The van der Waals surface area contributed by atoms with Gasteiger partial charge in [-0.2, -0.15) is 0 Å². The van der Waals surface area contributed by atoms with Crippen LogP contribution in [0.2, 0.25) is 0 Å². The van der Waals surface area contributed by atoms with Gasteiger partial charge in [0, 0.05) is 12.1 Å². The highest BCUT2D eigenvalue weighted by atomic mass is 32.1. The lowest BCUT2D eigenvalue weighted by molar-refractivity contribution is 0.0758. The van der Waals surface area contributed by atoms with E-state index in [4.69, 9.17) is 5.73 Å². The first-order valence-electron chi connectivity index (χ1n) is 8.96. The van der Waals surface area contributed by atoms with Crippen molar-refractivity contribution in [2.45, 2.75) is 71.4 Å². The molecule has 2 aliphatic carbocycles. The molecule has 3 rings (SSSR count). The van der Waals surface area contributed by atoms with Crippen LogP contribution in [0.1, 0.15) is 66.3 Å². The Balaban J connectivity index is 1.74. The Labute approximate surface area is 143 Å². The molecule has 1 aromatic rings. The van der Waals surface area contributed by atoms with E-state index in [-0.39, 0.29) is 5.91 Å². The Hall–Kier alpha value is -0.940. The maximum atomic E-state index is 12.9. The van der Waals surface area contributed by atoms with Gasteiger partial charge in [0.25, 0.3) is 5.91 Å². The van der Waals surface area contributed by atoms with Crippen molar-refractivity contribution < 1.29 is 4.79 Å². The van der Waals surface area contributed by atoms with E-state index in [9.17, 15) is 4.79 Å². The number of hydrogen-bond acceptors (Lipinski definition) is 4. The second kappa shape index (κ2) is 6.89. The van der Waals surface area contributed by atoms with E-state index < -0.39 is 0 Å². The SMILES string of the molecule is Cc1nc(CC(C)C)c(C(=O)NC2C3CCCC2CC(N)C3)s1. The Morgan fingerprint density at radius 3 is 2.61 bits per heavy atom. The van der Waals surface area contributed by atoms with Gasteiger partial charge in [0.1, 0.15) is 4.88 Å². The van der Waals surface area contributed by atoms with Crippen molar-refractivity contribution in [1.29, 1.82) is 0 Å². The molecule has 2 atom stereocenters. The summed E-state index contributed by atoms with van der Waals surface area (Å²) in [5, 5.41) is 4.34. The molecule has 0 radical (unpaired) electrons. The third-order valence-corrected chi connectivity index (χ3v) is 6.30. The molecule has 4 nitrogen and oxygen atoms in total. The zero-order chi connectivity index (χ0) is 16.6. The summed E-state index contributed by atoms with van der Waals surface area (Å²) in [7, 11) is 0. The molecule has 0 saturated heterocycles. The van der Waals surface area contributed by atoms with Crippen LogP contribution in [0.4, 0.5) is 0 Å². The molecule has 1 heterocycles. The second-order valence-electron chi connectivity index (χ2n) is 7.79. The maximum Gasteiger partial charge on any atom is 0.263 e. The van der Waals surface area contributed by atoms with Crippen molar-refractivity contribution in [2.24, 2.45) is 23.5 Å². The van der Waals surface area contributed by atoms with Gasteiger partial charge in [-0.15, -0.1) is 11.3 Å². The minimum Gasteiger partial charge on any atom is -0.348 e. The molecule has 128 valence electrons. The van der Waals surface area contributed by atoms with E-state index in [0.717, 1.165) is 34.8 Å². The number of nitrogens with one attached hydrogen (secondary N) is 1. The van der Waals surface area contributed by atoms with Crippen LogP contribution in [0, 0.1) is 24.7 Å². The number of carbonyl (C=O) groups excluding carboxylic acids is 1. The van der Waals surface area contributed by atoms with Crippen molar-refractivity contribution in [3.05, 3.63) is 15.6 Å². The Morgan fingerprint density at radius 2 is 2.00 bits per heavy atom. The van der Waals surface area contributed by atoms with Gasteiger partial charge < -0.3 is 11.1 Å². The number of hydrogen-bond donors (Lipinski definition) is 2. The van der Waals surface area contributed by atoms with Crippen molar-refractivity contribution in [2.75, 3.05) is 0 Å². The van der Waals surface area contributed by atoms with Crippen LogP contribution >= 0.6 is 11.3 Å². The molecule has 0 spiro atoms. The third-order valence-electron chi connectivity index (χ3n) is 5.29. The fourth-order valence-electron chi connectivity index (χ4n) is 4.41. The van der Waals surface area contributed by atoms with Crippen LogP contribution in [0.3, 0.4) is 0 Å². The number of fused-ring (bicyclic) bond motifs is 2. The number of amides is 1. The van der Waals surface area contributed by atoms with Crippen molar-refractivity contribution >= 4 is 17.2 Å². The van der Waals surface area contributed by atoms with Gasteiger partial charge in [0.2, 0.25) is 0 Å². The summed E-state index contributed by atoms with van der Waals surface area (Å²) in [5.74, 6) is 1.71. The topological polar surface area (TPSA) is 68.0 Å². The molecule has 23 heavy (non-hydrogen) atoms. The average molecular weight is 336 g/mol. The van der Waals surface area contributed by atoms with Crippen LogP contribution in [0.15, 0.2) is 0 Å². The quantitative estimate of drug-likeness (QED) is 0.887. The monoisotopic (exact) mass is 335 g/mol. The molecular weight excluding hydrogens is 306 g/mol. The zero-order valence-electron chi connectivity index (χ0n) is 14.5. The molecular formula is C18H29N3OS. The van der Waals surface area contributed by atoms with Crippen LogP contribution in [0.5, 0.6) is 0 Å². The molecule has 3 N–H and O–H groups in total. The van der Waals surface area contributed by atoms with Gasteiger partial charge in [0.15, 0.2) is 0 Å². The predicted octanol–water partition coefficient (Wildman–Crippen LogP) is 3.29. The number of aryl methyl sites for hydroxylation is 1. The molecule has 2 fully saturated rings. The highest BCUT2D eigenvalue weighted by Gasteiger charge is 2.40. The molecule has 0 aliphatic heterocycles. The largest absolute Gasteiger partial charge is 0.348 e. The molecule has 2 aliphatic rings. The minimum absolute atomic E-state index is 0.0867. The summed E-state index contributed by atoms with van der Waals surface area (Å²) in [6.07, 6.45) is 6.68. The summed E-state index contributed by atoms with van der Waals surface area (Å²) in [6.45, 7) is 6.33. The summed E-state index contributed by atoms with van der Waals surface area (Å²) >= 11 is 1.53. The van der Waals surface area contributed by atoms with Crippen LogP contribution in [-0.4, -0.2) is 23.0 Å². The summed E-state index contributed by atoms with van der Waals surface area (Å²) in [5.41, 5.74) is 7.16. The first-order chi connectivity index (χ1) is 10.9. The fourth-order valence-corrected chi connectivity index (χ4v) is 5.26. The number of aromatic nitrogens is 1. The first kappa shape index (κ1) is 16.9. The summed E-state index contributed by atoms with van der Waals surface area (Å²) < 4.78 is 0. The lowest BCUT2D eigenvalue weighted by atomic mass is 9.67. The molecule has 2 unspecified atom stereocenters. The van der Waals surface area contributed by atoms with Gasteiger partial charge >= 0.3 is 0 Å². The number of nitrogens with zero attached hydrogens (tertiary/aromatic N) is 1. The van der Waals surface area contributed by atoms with Crippen LogP contribution < -0.4 is 11.1 Å². The smallest absolute Gasteiger partial charge is 0.263 e. The molecule has 5 heteroatoms. The molecule has 2 saturated carbocycles. The maximum absolute atomic E-state index is 12.9. The highest BCUT2D eigenvalue weighted by Crippen LogP contribution is 2.40.